The zero-order chi connectivity index (χ0) is 24.4. The lowest BCUT2D eigenvalue weighted by Crippen LogP contribution is -2.18. The van der Waals surface area contributed by atoms with Gasteiger partial charge in [-0.05, 0) is 42.0 Å². The van der Waals surface area contributed by atoms with Crippen molar-refractivity contribution in [2.45, 2.75) is 25.2 Å². The molecular formula is C21H14F7N3O2. The number of hydrogen-bond donors (Lipinski definition) is 1. The zero-order valence-electron chi connectivity index (χ0n) is 16.5. The van der Waals surface area contributed by atoms with E-state index < -0.39 is 47.7 Å². The van der Waals surface area contributed by atoms with Gasteiger partial charge in [-0.2, -0.15) is 31.4 Å². The average molecular weight is 473 g/mol. The second-order valence-electron chi connectivity index (χ2n) is 6.94. The van der Waals surface area contributed by atoms with E-state index in [1.54, 1.807) is 0 Å². The Hall–Kier alpha value is -3.70. The van der Waals surface area contributed by atoms with Gasteiger partial charge in [0.15, 0.2) is 5.69 Å². The zero-order valence-corrected chi connectivity index (χ0v) is 16.5. The standard InChI is InChI=1S/C21H14F7N3O2/c22-13-3-1-12(2-4-13)9-16(32)10-19(33)29-14-5-7-15(8-6-14)31-18(21(26,27)28)11-17(30-31)20(23,24)25/h1-8,11H,9-10H2,(H,29,33). The molecule has 0 aliphatic heterocycles. The number of alkyl halides is 6. The molecule has 174 valence electrons. The third kappa shape index (κ3) is 6.18. The molecule has 0 atom stereocenters. The molecule has 1 amide bonds. The van der Waals surface area contributed by atoms with Crippen LogP contribution in [0, 0.1) is 5.82 Å². The fourth-order valence-corrected chi connectivity index (χ4v) is 2.88. The molecule has 0 radical (unpaired) electrons. The van der Waals surface area contributed by atoms with E-state index >= 15 is 0 Å². The van der Waals surface area contributed by atoms with E-state index in [1.165, 1.54) is 24.3 Å². The lowest BCUT2D eigenvalue weighted by atomic mass is 10.1. The van der Waals surface area contributed by atoms with Crippen molar-refractivity contribution < 1.29 is 40.3 Å². The largest absolute Gasteiger partial charge is 0.435 e. The van der Waals surface area contributed by atoms with Gasteiger partial charge in [0.25, 0.3) is 0 Å². The number of ketones is 1. The van der Waals surface area contributed by atoms with Gasteiger partial charge in [-0.25, -0.2) is 9.07 Å². The summed E-state index contributed by atoms with van der Waals surface area (Å²) in [5.41, 5.74) is -3.01. The van der Waals surface area contributed by atoms with Crippen molar-refractivity contribution in [3.63, 3.8) is 0 Å². The lowest BCUT2D eigenvalue weighted by molar-refractivity contribution is -0.143. The molecule has 1 N–H and O–H groups in total. The molecule has 1 aromatic heterocycles. The number of aromatic nitrogens is 2. The first-order chi connectivity index (χ1) is 15.3. The second kappa shape index (κ2) is 9.04. The summed E-state index contributed by atoms with van der Waals surface area (Å²) in [4.78, 5) is 24.0. The van der Waals surface area contributed by atoms with Crippen molar-refractivity contribution in [1.82, 2.24) is 9.78 Å². The van der Waals surface area contributed by atoms with Crippen molar-refractivity contribution in [2.75, 3.05) is 5.32 Å². The molecule has 33 heavy (non-hydrogen) atoms. The summed E-state index contributed by atoms with van der Waals surface area (Å²) in [6, 6.07) is 9.45. The predicted molar refractivity (Wildman–Crippen MR) is 102 cm³/mol. The van der Waals surface area contributed by atoms with Crippen LogP contribution < -0.4 is 5.32 Å². The van der Waals surface area contributed by atoms with E-state index in [9.17, 15) is 40.3 Å². The third-order valence-corrected chi connectivity index (χ3v) is 4.36. The molecule has 3 rings (SSSR count). The Morgan fingerprint density at radius 3 is 2.03 bits per heavy atom. The maximum absolute atomic E-state index is 13.1. The number of nitrogens with zero attached hydrogens (tertiary/aromatic N) is 2. The Bertz CT molecular complexity index is 1150. The van der Waals surface area contributed by atoms with Crippen LogP contribution >= 0.6 is 0 Å². The molecule has 2 aromatic carbocycles. The number of hydrogen-bond acceptors (Lipinski definition) is 3. The Kier molecular flexibility index (Phi) is 6.56. The van der Waals surface area contributed by atoms with Crippen LogP contribution in [0.4, 0.5) is 36.4 Å². The van der Waals surface area contributed by atoms with E-state index in [-0.39, 0.29) is 28.5 Å². The van der Waals surface area contributed by atoms with Gasteiger partial charge in [0.05, 0.1) is 12.1 Å². The summed E-state index contributed by atoms with van der Waals surface area (Å²) >= 11 is 0. The molecule has 0 saturated carbocycles. The van der Waals surface area contributed by atoms with Gasteiger partial charge in [0, 0.05) is 18.2 Å². The molecule has 1 heterocycles. The second-order valence-corrected chi connectivity index (χ2v) is 6.94. The first-order valence-electron chi connectivity index (χ1n) is 9.24. The van der Waals surface area contributed by atoms with Crippen molar-refractivity contribution >= 4 is 17.4 Å². The molecule has 0 aliphatic rings. The minimum atomic E-state index is -5.09. The summed E-state index contributed by atoms with van der Waals surface area (Å²) in [5.74, 6) is -1.63. The van der Waals surface area contributed by atoms with Crippen LogP contribution in [-0.2, 0) is 28.4 Å². The fourth-order valence-electron chi connectivity index (χ4n) is 2.88. The Labute approximate surface area is 181 Å². The van der Waals surface area contributed by atoms with Gasteiger partial charge >= 0.3 is 12.4 Å². The molecular weight excluding hydrogens is 459 g/mol. The molecule has 0 spiro atoms. The van der Waals surface area contributed by atoms with E-state index in [0.29, 0.717) is 5.56 Å². The number of nitrogens with one attached hydrogen (secondary N) is 1. The van der Waals surface area contributed by atoms with Crippen molar-refractivity contribution in [2.24, 2.45) is 0 Å². The quantitative estimate of drug-likeness (QED) is 0.396. The number of amides is 1. The van der Waals surface area contributed by atoms with Crippen LogP contribution in [-0.4, -0.2) is 21.5 Å². The van der Waals surface area contributed by atoms with Gasteiger partial charge in [-0.3, -0.25) is 9.59 Å². The van der Waals surface area contributed by atoms with Crippen LogP contribution in [0.2, 0.25) is 0 Å². The van der Waals surface area contributed by atoms with E-state index in [0.717, 1.165) is 24.3 Å². The van der Waals surface area contributed by atoms with Crippen LogP contribution in [0.25, 0.3) is 5.69 Å². The number of carbonyl (C=O) groups is 2. The number of rotatable bonds is 6. The first-order valence-corrected chi connectivity index (χ1v) is 9.24. The van der Waals surface area contributed by atoms with Crippen LogP contribution in [0.3, 0.4) is 0 Å². The van der Waals surface area contributed by atoms with E-state index in [2.05, 4.69) is 10.4 Å². The third-order valence-electron chi connectivity index (χ3n) is 4.36. The van der Waals surface area contributed by atoms with Gasteiger partial charge < -0.3 is 5.32 Å². The highest BCUT2D eigenvalue weighted by atomic mass is 19.4. The SMILES string of the molecule is O=C(CC(=O)Nc1ccc(-n2nc(C(F)(F)F)cc2C(F)(F)F)cc1)Cc1ccc(F)cc1. The molecule has 5 nitrogen and oxygen atoms in total. The topological polar surface area (TPSA) is 64.0 Å². The monoisotopic (exact) mass is 473 g/mol. The number of benzene rings is 2. The van der Waals surface area contributed by atoms with Crippen LogP contribution in [0.1, 0.15) is 23.4 Å². The average Bonchev–Trinajstić information content (AvgIpc) is 3.17. The van der Waals surface area contributed by atoms with E-state index in [4.69, 9.17) is 0 Å². The van der Waals surface area contributed by atoms with Gasteiger partial charge in [-0.15, -0.1) is 0 Å². The van der Waals surface area contributed by atoms with Crippen molar-refractivity contribution in [3.05, 3.63) is 77.4 Å². The predicted octanol–water partition coefficient (Wildman–Crippen LogP) is 5.19. The first kappa shape index (κ1) is 24.0. The van der Waals surface area contributed by atoms with Crippen LogP contribution in [0.5, 0.6) is 0 Å². The number of carbonyl (C=O) groups excluding carboxylic acids is 2. The highest BCUT2D eigenvalue weighted by Gasteiger charge is 2.42. The number of Topliss-reactive ketones (excluding diaryl/α,β-unsaturated/α-hetero) is 1. The van der Waals surface area contributed by atoms with Gasteiger partial charge in [0.2, 0.25) is 5.91 Å². The summed E-state index contributed by atoms with van der Waals surface area (Å²) in [6.45, 7) is 0. The van der Waals surface area contributed by atoms with E-state index in [1.807, 2.05) is 0 Å². The molecule has 0 unspecified atom stereocenters. The van der Waals surface area contributed by atoms with Crippen LogP contribution in [0.15, 0.2) is 54.6 Å². The molecule has 0 fully saturated rings. The number of halogens is 7. The summed E-state index contributed by atoms with van der Waals surface area (Å²) in [7, 11) is 0. The Morgan fingerprint density at radius 2 is 1.48 bits per heavy atom. The Morgan fingerprint density at radius 1 is 0.879 bits per heavy atom. The molecule has 0 aliphatic carbocycles. The minimum Gasteiger partial charge on any atom is -0.326 e. The minimum absolute atomic E-state index is 0.0948. The maximum atomic E-state index is 13.1. The summed E-state index contributed by atoms with van der Waals surface area (Å²) in [6.07, 6.45) is -10.8. The molecule has 0 saturated heterocycles. The van der Waals surface area contributed by atoms with Gasteiger partial charge in [0.1, 0.15) is 17.3 Å². The highest BCUT2D eigenvalue weighted by Crippen LogP contribution is 2.36. The summed E-state index contributed by atoms with van der Waals surface area (Å²) in [5, 5.41) is 5.38. The van der Waals surface area contributed by atoms with Crippen molar-refractivity contribution in [1.29, 1.82) is 0 Å². The molecule has 0 bridgehead atoms. The fraction of sp³-hybridized carbons (Fsp3) is 0.190. The number of anilines is 1. The molecule has 12 heteroatoms. The normalized spacial score (nSPS) is 12.0. The smallest absolute Gasteiger partial charge is 0.326 e. The Balaban J connectivity index is 1.69. The van der Waals surface area contributed by atoms with Gasteiger partial charge in [-0.1, -0.05) is 12.1 Å². The maximum Gasteiger partial charge on any atom is 0.435 e. The lowest BCUT2D eigenvalue weighted by Gasteiger charge is -2.11. The summed E-state index contributed by atoms with van der Waals surface area (Å²) < 4.78 is 90.9. The highest BCUT2D eigenvalue weighted by molar-refractivity contribution is 6.04. The molecule has 3 aromatic rings. The van der Waals surface area contributed by atoms with Crippen molar-refractivity contribution in [3.8, 4) is 5.69 Å².